The van der Waals surface area contributed by atoms with E-state index < -0.39 is 17.3 Å². The van der Waals surface area contributed by atoms with Crippen LogP contribution in [0.1, 0.15) is 59.5 Å². The molecule has 0 bridgehead atoms. The normalized spacial score (nSPS) is 25.8. The molecule has 1 aliphatic heterocycles. The predicted octanol–water partition coefficient (Wildman–Crippen LogP) is 3.31. The fourth-order valence-corrected chi connectivity index (χ4v) is 5.59. The summed E-state index contributed by atoms with van der Waals surface area (Å²) < 4.78 is 16.5. The van der Waals surface area contributed by atoms with Gasteiger partial charge in [-0.15, -0.1) is 12.4 Å². The lowest BCUT2D eigenvalue weighted by molar-refractivity contribution is 0.0694. The summed E-state index contributed by atoms with van der Waals surface area (Å²) in [7, 11) is 0. The number of halogens is 2. The Morgan fingerprint density at radius 2 is 1.97 bits per heavy atom. The number of hydrogen-bond donors (Lipinski definition) is 2. The van der Waals surface area contributed by atoms with Gasteiger partial charge in [0.15, 0.2) is 5.82 Å². The number of fused-ring (bicyclic) bond motifs is 2. The minimum absolute atomic E-state index is 0. The molecule has 2 aromatic rings. The van der Waals surface area contributed by atoms with E-state index >= 15 is 4.39 Å². The zero-order chi connectivity index (χ0) is 20.4. The lowest BCUT2D eigenvalue weighted by atomic mass is 9.78. The molecule has 2 aliphatic carbocycles. The van der Waals surface area contributed by atoms with Crippen LogP contribution in [-0.2, 0) is 0 Å². The monoisotopic (exact) mass is 435 g/mol. The van der Waals surface area contributed by atoms with Gasteiger partial charge in [0.05, 0.1) is 17.4 Å². The molecule has 0 unspecified atom stereocenters. The first-order valence-corrected chi connectivity index (χ1v) is 10.5. The van der Waals surface area contributed by atoms with Crippen LogP contribution in [0.4, 0.5) is 10.1 Å². The highest BCUT2D eigenvalue weighted by molar-refractivity contribution is 5.89. The van der Waals surface area contributed by atoms with E-state index in [4.69, 9.17) is 5.73 Å². The molecule has 0 amide bonds. The third-order valence-corrected chi connectivity index (χ3v) is 7.16. The summed E-state index contributed by atoms with van der Waals surface area (Å²) in [6, 6.07) is 1.66. The standard InChI is InChI=1S/C22H26FN3O3.ClH/c1-11-19-14(12-5-6-12)7-15(22(28)29)21(27)26(19)10-17(23)20(11)25-8-13-3-2-4-18(24)16(13)9-25;/h7,10,12-13,16,18H,2-6,8-9,24H2,1H3,(H,28,29);1H/t13-,16-,18-;/m0./s1. The van der Waals surface area contributed by atoms with Crippen molar-refractivity contribution >= 4 is 29.6 Å². The molecule has 8 heteroatoms. The number of nitrogens with zero attached hydrogens (tertiary/aromatic N) is 2. The summed E-state index contributed by atoms with van der Waals surface area (Å²) in [5.74, 6) is -0.665. The van der Waals surface area contributed by atoms with Crippen LogP contribution in [0.15, 0.2) is 17.1 Å². The maximum Gasteiger partial charge on any atom is 0.341 e. The Labute approximate surface area is 180 Å². The molecule has 2 aromatic heterocycles. The van der Waals surface area contributed by atoms with Crippen LogP contribution in [0.5, 0.6) is 0 Å². The first-order chi connectivity index (χ1) is 13.9. The molecule has 3 atom stereocenters. The molecular formula is C22H27ClFN3O3. The van der Waals surface area contributed by atoms with E-state index in [1.807, 2.05) is 6.92 Å². The molecule has 3 aliphatic rings. The van der Waals surface area contributed by atoms with Gasteiger partial charge in [-0.05, 0) is 67.6 Å². The molecule has 3 heterocycles. The molecule has 162 valence electrons. The van der Waals surface area contributed by atoms with Crippen LogP contribution in [-0.4, -0.2) is 34.6 Å². The topological polar surface area (TPSA) is 88.0 Å². The number of hydrogen-bond acceptors (Lipinski definition) is 4. The number of rotatable bonds is 3. The second kappa shape index (κ2) is 7.54. The van der Waals surface area contributed by atoms with E-state index in [1.165, 1.54) is 16.7 Å². The van der Waals surface area contributed by atoms with Gasteiger partial charge >= 0.3 is 5.97 Å². The first-order valence-electron chi connectivity index (χ1n) is 10.5. The van der Waals surface area contributed by atoms with Crippen LogP contribution < -0.4 is 16.2 Å². The van der Waals surface area contributed by atoms with Gasteiger partial charge in [-0.25, -0.2) is 9.18 Å². The van der Waals surface area contributed by atoms with Gasteiger partial charge in [0.2, 0.25) is 0 Å². The Balaban J connectivity index is 0.00000218. The van der Waals surface area contributed by atoms with Crippen molar-refractivity contribution < 1.29 is 14.3 Å². The molecule has 2 saturated carbocycles. The van der Waals surface area contributed by atoms with Gasteiger partial charge in [0, 0.05) is 19.1 Å². The summed E-state index contributed by atoms with van der Waals surface area (Å²) in [4.78, 5) is 26.4. The number of aromatic nitrogens is 1. The second-order valence-electron chi connectivity index (χ2n) is 8.99. The molecule has 0 radical (unpaired) electrons. The summed E-state index contributed by atoms with van der Waals surface area (Å²) in [6.07, 6.45) is 6.36. The maximum atomic E-state index is 15.3. The predicted molar refractivity (Wildman–Crippen MR) is 116 cm³/mol. The SMILES string of the molecule is Cc1c(N2C[C@@H]3CCC[C@H](N)[C@H]3C2)c(F)cn2c(=O)c(C(=O)O)cc(C3CC3)c12.Cl. The first kappa shape index (κ1) is 21.1. The number of anilines is 1. The molecular weight excluding hydrogens is 409 g/mol. The van der Waals surface area contributed by atoms with E-state index in [9.17, 15) is 14.7 Å². The lowest BCUT2D eigenvalue weighted by Crippen LogP contribution is -2.38. The Kier molecular flexibility index (Phi) is 5.31. The van der Waals surface area contributed by atoms with Gasteiger partial charge < -0.3 is 15.7 Å². The zero-order valence-electron chi connectivity index (χ0n) is 16.9. The number of nitrogens with two attached hydrogens (primary N) is 1. The minimum atomic E-state index is -1.27. The Morgan fingerprint density at radius 1 is 1.23 bits per heavy atom. The maximum absolute atomic E-state index is 15.3. The largest absolute Gasteiger partial charge is 0.477 e. The molecule has 3 N–H and O–H groups in total. The average molecular weight is 436 g/mol. The third-order valence-electron chi connectivity index (χ3n) is 7.16. The van der Waals surface area contributed by atoms with Crippen molar-refractivity contribution in [1.82, 2.24) is 4.40 Å². The van der Waals surface area contributed by atoms with Gasteiger partial charge in [0.25, 0.3) is 5.56 Å². The summed E-state index contributed by atoms with van der Waals surface area (Å²) in [5, 5.41) is 9.43. The van der Waals surface area contributed by atoms with Crippen molar-refractivity contribution in [2.24, 2.45) is 17.6 Å². The molecule has 5 rings (SSSR count). The van der Waals surface area contributed by atoms with Crippen LogP contribution >= 0.6 is 12.4 Å². The summed E-state index contributed by atoms with van der Waals surface area (Å²) in [6.45, 7) is 3.36. The van der Waals surface area contributed by atoms with Crippen molar-refractivity contribution in [1.29, 1.82) is 0 Å². The van der Waals surface area contributed by atoms with Crippen molar-refractivity contribution in [3.63, 3.8) is 0 Å². The molecule has 6 nitrogen and oxygen atoms in total. The lowest BCUT2D eigenvalue weighted by Gasteiger charge is -2.29. The minimum Gasteiger partial charge on any atom is -0.477 e. The summed E-state index contributed by atoms with van der Waals surface area (Å²) >= 11 is 0. The highest BCUT2D eigenvalue weighted by Crippen LogP contribution is 2.45. The fraction of sp³-hybridized carbons (Fsp3) is 0.545. The van der Waals surface area contributed by atoms with E-state index in [1.54, 1.807) is 0 Å². The second-order valence-corrected chi connectivity index (χ2v) is 8.99. The van der Waals surface area contributed by atoms with E-state index in [0.717, 1.165) is 50.8 Å². The van der Waals surface area contributed by atoms with E-state index in [-0.39, 0.29) is 29.9 Å². The van der Waals surface area contributed by atoms with Crippen molar-refractivity contribution in [3.8, 4) is 0 Å². The summed E-state index contributed by atoms with van der Waals surface area (Å²) in [5.41, 5.74) is 8.13. The number of carbonyl (C=O) groups is 1. The van der Waals surface area contributed by atoms with Crippen LogP contribution in [0.25, 0.3) is 5.52 Å². The number of pyridine rings is 2. The smallest absolute Gasteiger partial charge is 0.341 e. The Bertz CT molecular complexity index is 1080. The number of carboxylic acids is 1. The number of carboxylic acid groups (broad SMARTS) is 1. The average Bonchev–Trinajstić information content (AvgIpc) is 3.42. The molecule has 1 saturated heterocycles. The molecule has 0 aromatic carbocycles. The third kappa shape index (κ3) is 3.19. The number of aryl methyl sites for hydroxylation is 1. The molecule has 0 spiro atoms. The van der Waals surface area contributed by atoms with Gasteiger partial charge in [-0.1, -0.05) is 6.42 Å². The van der Waals surface area contributed by atoms with Crippen molar-refractivity contribution in [2.75, 3.05) is 18.0 Å². The van der Waals surface area contributed by atoms with Crippen molar-refractivity contribution in [3.05, 3.63) is 45.1 Å². The van der Waals surface area contributed by atoms with E-state index in [2.05, 4.69) is 4.90 Å². The fourth-order valence-electron chi connectivity index (χ4n) is 5.59. The van der Waals surface area contributed by atoms with Crippen LogP contribution in [0.2, 0.25) is 0 Å². The van der Waals surface area contributed by atoms with Crippen molar-refractivity contribution in [2.45, 2.75) is 51.0 Å². The van der Waals surface area contributed by atoms with Gasteiger partial charge in [-0.3, -0.25) is 9.20 Å². The van der Waals surface area contributed by atoms with Gasteiger partial charge in [-0.2, -0.15) is 0 Å². The molecule has 30 heavy (non-hydrogen) atoms. The van der Waals surface area contributed by atoms with Crippen LogP contribution in [0, 0.1) is 24.6 Å². The highest BCUT2D eigenvalue weighted by atomic mass is 35.5. The van der Waals surface area contributed by atoms with E-state index in [0.29, 0.717) is 28.6 Å². The Hall–Kier alpha value is -2.12. The van der Waals surface area contributed by atoms with Gasteiger partial charge in [0.1, 0.15) is 5.56 Å². The molecule has 3 fully saturated rings. The zero-order valence-corrected chi connectivity index (χ0v) is 17.8. The number of aromatic carboxylic acids is 1. The quantitative estimate of drug-likeness (QED) is 0.772. The highest BCUT2D eigenvalue weighted by Gasteiger charge is 2.40. The van der Waals surface area contributed by atoms with Crippen LogP contribution in [0.3, 0.4) is 0 Å². The Morgan fingerprint density at radius 3 is 2.60 bits per heavy atom.